The fourth-order valence-corrected chi connectivity index (χ4v) is 3.69. The fourth-order valence-electron chi connectivity index (χ4n) is 3.37. The number of hydrazine groups is 1. The van der Waals surface area contributed by atoms with Crippen LogP contribution in [-0.4, -0.2) is 28.2 Å². The van der Waals surface area contributed by atoms with E-state index in [0.717, 1.165) is 29.8 Å². The number of amidine groups is 1. The van der Waals surface area contributed by atoms with Gasteiger partial charge in [0, 0.05) is 24.2 Å². The Balaban J connectivity index is 1.89. The van der Waals surface area contributed by atoms with Crippen molar-refractivity contribution in [3.8, 4) is 0 Å². The maximum Gasteiger partial charge on any atom is 0.156 e. The number of halogens is 1. The minimum absolute atomic E-state index is 0.276. The van der Waals surface area contributed by atoms with Crippen LogP contribution in [0.5, 0.6) is 0 Å². The molecule has 2 atom stereocenters. The molecule has 1 saturated heterocycles. The molecule has 2 unspecified atom stereocenters. The number of nitrogens with one attached hydrogen (secondary N) is 1. The predicted molar refractivity (Wildman–Crippen MR) is 112 cm³/mol. The lowest BCUT2D eigenvalue weighted by molar-refractivity contribution is 0.277. The van der Waals surface area contributed by atoms with E-state index in [9.17, 15) is 0 Å². The van der Waals surface area contributed by atoms with E-state index in [1.807, 2.05) is 18.0 Å². The topological polar surface area (TPSA) is 40.0 Å². The Morgan fingerprint density at radius 3 is 2.81 bits per heavy atom. The van der Waals surface area contributed by atoms with Gasteiger partial charge >= 0.3 is 0 Å². The number of aryl methyl sites for hydroxylation is 1. The zero-order valence-electron chi connectivity index (χ0n) is 15.6. The molecule has 26 heavy (non-hydrogen) atoms. The maximum atomic E-state index is 6.64. The van der Waals surface area contributed by atoms with Crippen LogP contribution in [0.2, 0.25) is 0 Å². The summed E-state index contributed by atoms with van der Waals surface area (Å²) in [5.74, 6) is 0.882. The van der Waals surface area contributed by atoms with Crippen LogP contribution in [0, 0.1) is 6.92 Å². The molecule has 0 spiro atoms. The number of hydrogen-bond donors (Lipinski definition) is 1. The van der Waals surface area contributed by atoms with Crippen molar-refractivity contribution in [1.82, 2.24) is 10.4 Å². The fraction of sp³-hybridized carbons (Fsp3) is 0.333. The summed E-state index contributed by atoms with van der Waals surface area (Å²) < 4.78 is 0. The third kappa shape index (κ3) is 3.67. The first kappa shape index (κ1) is 18.6. The van der Waals surface area contributed by atoms with E-state index < -0.39 is 0 Å². The molecule has 0 aromatic heterocycles. The lowest BCUT2D eigenvalue weighted by Gasteiger charge is -2.25. The molecule has 0 amide bonds. The smallest absolute Gasteiger partial charge is 0.156 e. The summed E-state index contributed by atoms with van der Waals surface area (Å²) in [5.41, 5.74) is 9.59. The molecule has 5 heteroatoms. The quantitative estimate of drug-likeness (QED) is 0.598. The molecule has 0 radical (unpaired) electrons. The van der Waals surface area contributed by atoms with Crippen LogP contribution >= 0.6 is 11.6 Å². The predicted octanol–water partition coefficient (Wildman–Crippen LogP) is 4.59. The number of rotatable bonds is 6. The van der Waals surface area contributed by atoms with Crippen molar-refractivity contribution in [2.75, 3.05) is 0 Å². The summed E-state index contributed by atoms with van der Waals surface area (Å²) in [7, 11) is 0. The van der Waals surface area contributed by atoms with Crippen LogP contribution in [-0.2, 0) is 6.42 Å². The summed E-state index contributed by atoms with van der Waals surface area (Å²) in [6.07, 6.45) is 6.87. The van der Waals surface area contributed by atoms with Gasteiger partial charge in [0.2, 0.25) is 0 Å². The molecular formula is C21H25ClN4. The summed E-state index contributed by atoms with van der Waals surface area (Å²) >= 11 is 6.64. The molecule has 136 valence electrons. The Hall–Kier alpha value is -2.17. The summed E-state index contributed by atoms with van der Waals surface area (Å²) in [6, 6.07) is 4.67. The first-order valence-corrected chi connectivity index (χ1v) is 9.24. The molecular weight excluding hydrogens is 344 g/mol. The van der Waals surface area contributed by atoms with Crippen LogP contribution in [0.15, 0.2) is 53.6 Å². The zero-order valence-corrected chi connectivity index (χ0v) is 16.3. The molecule has 1 heterocycles. The van der Waals surface area contributed by atoms with Crippen molar-refractivity contribution >= 4 is 28.2 Å². The SMILES string of the molecule is C=CN=C1CC(C)NN1C(C=C)N=C(Cl)C(=CC)c1cc(C)c2c(c1)C2. The summed E-state index contributed by atoms with van der Waals surface area (Å²) in [6.45, 7) is 13.8. The van der Waals surface area contributed by atoms with Gasteiger partial charge < -0.3 is 0 Å². The van der Waals surface area contributed by atoms with E-state index in [1.165, 1.54) is 16.7 Å². The second kappa shape index (κ2) is 7.60. The van der Waals surface area contributed by atoms with Gasteiger partial charge in [-0.2, -0.15) is 0 Å². The third-order valence-corrected chi connectivity index (χ3v) is 5.02. The van der Waals surface area contributed by atoms with Crippen LogP contribution < -0.4 is 5.43 Å². The van der Waals surface area contributed by atoms with E-state index in [4.69, 9.17) is 16.6 Å². The molecule has 1 aliphatic carbocycles. The number of benzene rings is 1. The van der Waals surface area contributed by atoms with Gasteiger partial charge in [0.05, 0.1) is 0 Å². The third-order valence-electron chi connectivity index (χ3n) is 4.72. The molecule has 1 aromatic carbocycles. The van der Waals surface area contributed by atoms with E-state index in [1.54, 1.807) is 12.3 Å². The zero-order chi connectivity index (χ0) is 18.8. The second-order valence-electron chi connectivity index (χ2n) is 6.71. The van der Waals surface area contributed by atoms with E-state index >= 15 is 0 Å². The van der Waals surface area contributed by atoms with Crippen molar-refractivity contribution in [2.45, 2.75) is 45.8 Å². The minimum atomic E-state index is -0.342. The number of hydrogen-bond acceptors (Lipinski definition) is 3. The van der Waals surface area contributed by atoms with Gasteiger partial charge in [-0.05, 0) is 55.5 Å². The monoisotopic (exact) mass is 368 g/mol. The van der Waals surface area contributed by atoms with Gasteiger partial charge in [-0.15, -0.1) is 0 Å². The molecule has 0 bridgehead atoms. The van der Waals surface area contributed by atoms with E-state index in [2.05, 4.69) is 49.6 Å². The average molecular weight is 369 g/mol. The van der Waals surface area contributed by atoms with Gasteiger partial charge in [0.1, 0.15) is 11.0 Å². The molecule has 1 N–H and O–H groups in total. The van der Waals surface area contributed by atoms with Crippen LogP contribution in [0.1, 0.15) is 42.5 Å². The first-order valence-electron chi connectivity index (χ1n) is 8.86. The van der Waals surface area contributed by atoms with Crippen molar-refractivity contribution in [2.24, 2.45) is 9.98 Å². The first-order chi connectivity index (χ1) is 12.5. The van der Waals surface area contributed by atoms with Gasteiger partial charge in [0.25, 0.3) is 0 Å². The Morgan fingerprint density at radius 2 is 2.19 bits per heavy atom. The van der Waals surface area contributed by atoms with Gasteiger partial charge in [-0.25, -0.2) is 15.4 Å². The lowest BCUT2D eigenvalue weighted by Crippen LogP contribution is -2.43. The van der Waals surface area contributed by atoms with Crippen LogP contribution in [0.4, 0.5) is 0 Å². The van der Waals surface area contributed by atoms with Gasteiger partial charge in [-0.3, -0.25) is 5.01 Å². The summed E-state index contributed by atoms with van der Waals surface area (Å²) in [4.78, 5) is 9.07. The number of fused-ring (bicyclic) bond motifs is 1. The Morgan fingerprint density at radius 1 is 1.42 bits per heavy atom. The Kier molecular flexibility index (Phi) is 5.44. The van der Waals surface area contributed by atoms with Gasteiger partial charge in [0.15, 0.2) is 6.17 Å². The van der Waals surface area contributed by atoms with Gasteiger partial charge in [-0.1, -0.05) is 43.0 Å². The number of allylic oxidation sites excluding steroid dienone is 2. The van der Waals surface area contributed by atoms with Crippen molar-refractivity contribution in [1.29, 1.82) is 0 Å². The highest BCUT2D eigenvalue weighted by Gasteiger charge is 2.29. The highest BCUT2D eigenvalue weighted by atomic mass is 35.5. The van der Waals surface area contributed by atoms with Crippen molar-refractivity contribution in [3.63, 3.8) is 0 Å². The molecule has 0 saturated carbocycles. The number of nitrogens with zero attached hydrogens (tertiary/aromatic N) is 3. The van der Waals surface area contributed by atoms with E-state index in [-0.39, 0.29) is 12.2 Å². The highest BCUT2D eigenvalue weighted by Crippen LogP contribution is 2.35. The second-order valence-corrected chi connectivity index (χ2v) is 7.07. The Bertz CT molecular complexity index is 835. The molecule has 1 fully saturated rings. The van der Waals surface area contributed by atoms with Crippen molar-refractivity contribution < 1.29 is 0 Å². The molecule has 2 aliphatic rings. The lowest BCUT2D eigenvalue weighted by atomic mass is 10.0. The minimum Gasteiger partial charge on any atom is -0.267 e. The molecule has 3 rings (SSSR count). The van der Waals surface area contributed by atoms with Crippen LogP contribution in [0.3, 0.4) is 0 Å². The molecule has 1 aromatic rings. The molecule has 4 nitrogen and oxygen atoms in total. The molecule has 1 aliphatic heterocycles. The normalized spacial score (nSPS) is 22.4. The van der Waals surface area contributed by atoms with Crippen molar-refractivity contribution in [3.05, 3.63) is 65.9 Å². The standard InChI is InChI=1S/C21H25ClN4/c1-6-17(15-9-13(4)18-12-16(18)11-15)21(22)24-19(7-2)26-20(23-8-3)10-14(5)25-26/h6-9,11,14,19,25H,2-3,10,12H2,1,4-5H3. The maximum absolute atomic E-state index is 6.64. The largest absolute Gasteiger partial charge is 0.267 e. The number of aliphatic imine (C=N–C) groups is 2. The highest BCUT2D eigenvalue weighted by molar-refractivity contribution is 6.76. The summed E-state index contributed by atoms with van der Waals surface area (Å²) in [5, 5.41) is 2.38. The average Bonchev–Trinajstić information content (AvgIpc) is 3.30. The Labute approximate surface area is 160 Å². The van der Waals surface area contributed by atoms with E-state index in [0.29, 0.717) is 5.17 Å². The van der Waals surface area contributed by atoms with Crippen LogP contribution in [0.25, 0.3) is 5.57 Å².